The fourth-order valence-electron chi connectivity index (χ4n) is 1.93. The van der Waals surface area contributed by atoms with Crippen molar-refractivity contribution in [2.45, 2.75) is 19.8 Å². The van der Waals surface area contributed by atoms with Gasteiger partial charge >= 0.3 is 0 Å². The number of benzene rings is 2. The van der Waals surface area contributed by atoms with E-state index in [0.29, 0.717) is 5.92 Å². The van der Waals surface area contributed by atoms with E-state index >= 15 is 0 Å². The molecule has 0 aliphatic heterocycles. The average molecular weight is 409 g/mol. The maximum absolute atomic E-state index is 13.7. The smallest absolute Gasteiger partial charge is 0.248 e. The van der Waals surface area contributed by atoms with Gasteiger partial charge in [0.2, 0.25) is 5.91 Å². The van der Waals surface area contributed by atoms with E-state index in [0.717, 1.165) is 9.13 Å². The van der Waals surface area contributed by atoms with E-state index in [1.54, 1.807) is 18.2 Å². The van der Waals surface area contributed by atoms with Crippen molar-refractivity contribution in [2.75, 3.05) is 5.32 Å². The molecule has 0 saturated carbocycles. The molecule has 0 spiro atoms. The summed E-state index contributed by atoms with van der Waals surface area (Å²) >= 11 is 2.02. The van der Waals surface area contributed by atoms with Crippen molar-refractivity contribution in [2.24, 2.45) is 0 Å². The number of amides is 1. The van der Waals surface area contributed by atoms with Gasteiger partial charge in [0.15, 0.2) is 0 Å². The number of carbonyl (C=O) groups is 1. The highest BCUT2D eigenvalue weighted by atomic mass is 127. The van der Waals surface area contributed by atoms with Crippen molar-refractivity contribution in [3.8, 4) is 0 Å². The van der Waals surface area contributed by atoms with Crippen LogP contribution in [0.15, 0.2) is 48.5 Å². The van der Waals surface area contributed by atoms with E-state index in [-0.39, 0.29) is 11.6 Å². The Hall–Kier alpha value is -1.69. The molecule has 0 fully saturated rings. The van der Waals surface area contributed by atoms with Gasteiger partial charge in [-0.1, -0.05) is 38.1 Å². The minimum Gasteiger partial charge on any atom is -0.320 e. The quantitative estimate of drug-likeness (QED) is 0.546. The van der Waals surface area contributed by atoms with Crippen LogP contribution >= 0.6 is 22.6 Å². The van der Waals surface area contributed by atoms with Crippen LogP contribution in [0.25, 0.3) is 6.08 Å². The lowest BCUT2D eigenvalue weighted by molar-refractivity contribution is -0.111. The zero-order valence-corrected chi connectivity index (χ0v) is 14.6. The van der Waals surface area contributed by atoms with Gasteiger partial charge in [-0.15, -0.1) is 0 Å². The summed E-state index contributed by atoms with van der Waals surface area (Å²) in [5.74, 6) is -0.312. The molecule has 0 unspecified atom stereocenters. The number of rotatable bonds is 4. The normalized spacial score (nSPS) is 11.1. The molecule has 1 amide bonds. The summed E-state index contributed by atoms with van der Waals surface area (Å²) in [6, 6.07) is 12.7. The lowest BCUT2D eigenvalue weighted by atomic mass is 10.0. The second-order valence-electron chi connectivity index (χ2n) is 5.27. The SMILES string of the molecule is CC(C)c1ccc(/C=C/C(=O)Nc2ccc(I)cc2F)cc1. The maximum Gasteiger partial charge on any atom is 0.248 e. The molecule has 4 heteroatoms. The Balaban J connectivity index is 2.01. The van der Waals surface area contributed by atoms with Crippen molar-refractivity contribution >= 4 is 40.3 Å². The first-order chi connectivity index (χ1) is 10.5. The molecule has 0 bridgehead atoms. The summed E-state index contributed by atoms with van der Waals surface area (Å²) in [7, 11) is 0. The topological polar surface area (TPSA) is 29.1 Å². The van der Waals surface area contributed by atoms with Gasteiger partial charge in [-0.3, -0.25) is 4.79 Å². The van der Waals surface area contributed by atoms with Crippen molar-refractivity contribution in [3.63, 3.8) is 0 Å². The van der Waals surface area contributed by atoms with Crippen LogP contribution < -0.4 is 5.32 Å². The number of nitrogens with one attached hydrogen (secondary N) is 1. The highest BCUT2D eigenvalue weighted by Crippen LogP contribution is 2.17. The van der Waals surface area contributed by atoms with Crippen molar-refractivity contribution in [1.82, 2.24) is 0 Å². The molecule has 0 aliphatic rings. The highest BCUT2D eigenvalue weighted by Gasteiger charge is 2.05. The third-order valence-electron chi connectivity index (χ3n) is 3.22. The Kier molecular flexibility index (Phi) is 5.71. The third kappa shape index (κ3) is 4.66. The first-order valence-corrected chi connectivity index (χ1v) is 8.07. The molecule has 0 heterocycles. The van der Waals surface area contributed by atoms with E-state index in [4.69, 9.17) is 0 Å². The van der Waals surface area contributed by atoms with Crippen LogP contribution in [0.4, 0.5) is 10.1 Å². The largest absolute Gasteiger partial charge is 0.320 e. The van der Waals surface area contributed by atoms with Gasteiger partial charge in [0.25, 0.3) is 0 Å². The van der Waals surface area contributed by atoms with Gasteiger partial charge in [-0.05, 0) is 63.9 Å². The monoisotopic (exact) mass is 409 g/mol. The molecule has 2 aromatic rings. The number of hydrogen-bond acceptors (Lipinski definition) is 1. The molecule has 2 rings (SSSR count). The Morgan fingerprint density at radius 1 is 1.18 bits per heavy atom. The van der Waals surface area contributed by atoms with Crippen molar-refractivity contribution in [3.05, 3.63) is 69.1 Å². The van der Waals surface area contributed by atoms with Crippen LogP contribution in [0.1, 0.15) is 30.9 Å². The maximum atomic E-state index is 13.7. The molecular formula is C18H17FINO. The van der Waals surface area contributed by atoms with Crippen LogP contribution in [-0.2, 0) is 4.79 Å². The molecule has 0 radical (unpaired) electrons. The lowest BCUT2D eigenvalue weighted by Gasteiger charge is -2.05. The molecule has 22 heavy (non-hydrogen) atoms. The molecule has 2 aromatic carbocycles. The minimum absolute atomic E-state index is 0.185. The third-order valence-corrected chi connectivity index (χ3v) is 3.89. The van der Waals surface area contributed by atoms with Crippen LogP contribution in [0.5, 0.6) is 0 Å². The first kappa shape index (κ1) is 16.7. The number of carbonyl (C=O) groups excluding carboxylic acids is 1. The van der Waals surface area contributed by atoms with Gasteiger partial charge in [0.1, 0.15) is 5.82 Å². The molecule has 0 aromatic heterocycles. The minimum atomic E-state index is -0.435. The van der Waals surface area contributed by atoms with Crippen LogP contribution in [0, 0.1) is 9.39 Å². The zero-order chi connectivity index (χ0) is 16.1. The molecular weight excluding hydrogens is 392 g/mol. The summed E-state index contributed by atoms with van der Waals surface area (Å²) < 4.78 is 14.4. The fraction of sp³-hybridized carbons (Fsp3) is 0.167. The van der Waals surface area contributed by atoms with Crippen LogP contribution in [-0.4, -0.2) is 5.91 Å². The van der Waals surface area contributed by atoms with Crippen LogP contribution in [0.2, 0.25) is 0 Å². The Morgan fingerprint density at radius 3 is 2.45 bits per heavy atom. The zero-order valence-electron chi connectivity index (χ0n) is 12.4. The number of halogens is 2. The van der Waals surface area contributed by atoms with Crippen molar-refractivity contribution in [1.29, 1.82) is 0 Å². The van der Waals surface area contributed by atoms with E-state index in [9.17, 15) is 9.18 Å². The number of hydrogen-bond donors (Lipinski definition) is 1. The van der Waals surface area contributed by atoms with E-state index in [1.165, 1.54) is 17.7 Å². The lowest BCUT2D eigenvalue weighted by Crippen LogP contribution is -2.09. The molecule has 0 atom stereocenters. The summed E-state index contributed by atoms with van der Waals surface area (Å²) in [5, 5.41) is 2.53. The molecule has 2 nitrogen and oxygen atoms in total. The molecule has 0 aliphatic carbocycles. The second-order valence-corrected chi connectivity index (χ2v) is 6.51. The van der Waals surface area contributed by atoms with Gasteiger partial charge < -0.3 is 5.32 Å². The standard InChI is InChI=1S/C18H17FINO/c1-12(2)14-6-3-13(4-7-14)5-10-18(22)21-17-9-8-15(20)11-16(17)19/h3-12H,1-2H3,(H,21,22)/b10-5+. The molecule has 114 valence electrons. The molecule has 1 N–H and O–H groups in total. The summed E-state index contributed by atoms with van der Waals surface area (Å²) in [6.45, 7) is 4.27. The Labute approximate surface area is 143 Å². The number of anilines is 1. The highest BCUT2D eigenvalue weighted by molar-refractivity contribution is 14.1. The fourth-order valence-corrected chi connectivity index (χ4v) is 2.38. The summed E-state index contributed by atoms with van der Waals surface area (Å²) in [6.07, 6.45) is 3.12. The van der Waals surface area contributed by atoms with Gasteiger partial charge in [-0.25, -0.2) is 4.39 Å². The van der Waals surface area contributed by atoms with E-state index in [1.807, 2.05) is 46.9 Å². The first-order valence-electron chi connectivity index (χ1n) is 7.00. The average Bonchev–Trinajstić information content (AvgIpc) is 2.48. The van der Waals surface area contributed by atoms with E-state index < -0.39 is 5.82 Å². The predicted octanol–water partition coefficient (Wildman–Crippen LogP) is 5.21. The van der Waals surface area contributed by atoms with Crippen LogP contribution in [0.3, 0.4) is 0 Å². The van der Waals surface area contributed by atoms with Gasteiger partial charge in [-0.2, -0.15) is 0 Å². The second kappa shape index (κ2) is 7.54. The summed E-state index contributed by atoms with van der Waals surface area (Å²) in [5.41, 5.74) is 2.37. The Bertz CT molecular complexity index is 693. The molecule has 0 saturated heterocycles. The van der Waals surface area contributed by atoms with Crippen molar-refractivity contribution < 1.29 is 9.18 Å². The Morgan fingerprint density at radius 2 is 1.86 bits per heavy atom. The van der Waals surface area contributed by atoms with Gasteiger partial charge in [0, 0.05) is 9.65 Å². The van der Waals surface area contributed by atoms with E-state index in [2.05, 4.69) is 19.2 Å². The van der Waals surface area contributed by atoms with Gasteiger partial charge in [0.05, 0.1) is 5.69 Å². The summed E-state index contributed by atoms with van der Waals surface area (Å²) in [4.78, 5) is 11.8. The predicted molar refractivity (Wildman–Crippen MR) is 97.3 cm³/mol.